The van der Waals surface area contributed by atoms with Gasteiger partial charge in [0.25, 0.3) is 5.91 Å². The summed E-state index contributed by atoms with van der Waals surface area (Å²) in [6, 6.07) is 9.53. The Bertz CT molecular complexity index is 776. The molecule has 0 atom stereocenters. The lowest BCUT2D eigenvalue weighted by atomic mass is 10.2. The van der Waals surface area contributed by atoms with E-state index in [9.17, 15) is 14.4 Å². The van der Waals surface area contributed by atoms with Crippen molar-refractivity contribution in [3.8, 4) is 10.6 Å². The first-order valence-corrected chi connectivity index (χ1v) is 8.85. The Morgan fingerprint density at radius 3 is 2.58 bits per heavy atom. The molecule has 9 heteroatoms. The number of hydrogen-bond donors (Lipinski definition) is 3. The maximum Gasteiger partial charge on any atom is 0.407 e. The van der Waals surface area contributed by atoms with Crippen LogP contribution in [0.3, 0.4) is 0 Å². The van der Waals surface area contributed by atoms with E-state index in [0.29, 0.717) is 10.6 Å². The van der Waals surface area contributed by atoms with E-state index in [-0.39, 0.29) is 19.6 Å². The number of carbonyl (C=O) groups excluding carboxylic acids is 3. The highest BCUT2D eigenvalue weighted by atomic mass is 32.1. The number of carbonyl (C=O) groups is 3. The van der Waals surface area contributed by atoms with Crippen LogP contribution in [0.2, 0.25) is 0 Å². The van der Waals surface area contributed by atoms with Crippen LogP contribution in [0.15, 0.2) is 30.3 Å². The van der Waals surface area contributed by atoms with Gasteiger partial charge < -0.3 is 10.1 Å². The molecule has 2 aromatic rings. The SMILES string of the molecule is CCOC(=O)NCCC(=O)NNC(=O)c1sc(-c2ccccc2)nc1C. The lowest BCUT2D eigenvalue weighted by Crippen LogP contribution is -2.42. The number of aromatic nitrogens is 1. The molecule has 0 spiro atoms. The zero-order valence-electron chi connectivity index (χ0n) is 14.5. The number of thiazole rings is 1. The van der Waals surface area contributed by atoms with Crippen LogP contribution in [0.4, 0.5) is 4.79 Å². The second-order valence-corrected chi connectivity index (χ2v) is 6.20. The van der Waals surface area contributed by atoms with Gasteiger partial charge in [0.05, 0.1) is 12.3 Å². The Morgan fingerprint density at radius 1 is 1.15 bits per heavy atom. The van der Waals surface area contributed by atoms with Crippen LogP contribution in [-0.4, -0.2) is 36.0 Å². The lowest BCUT2D eigenvalue weighted by molar-refractivity contribution is -0.121. The Morgan fingerprint density at radius 2 is 1.88 bits per heavy atom. The quantitative estimate of drug-likeness (QED) is 0.668. The molecule has 0 fully saturated rings. The maximum absolute atomic E-state index is 12.2. The average molecular weight is 376 g/mol. The highest BCUT2D eigenvalue weighted by Gasteiger charge is 2.16. The van der Waals surface area contributed by atoms with Crippen LogP contribution in [0, 0.1) is 6.92 Å². The van der Waals surface area contributed by atoms with Gasteiger partial charge in [-0.15, -0.1) is 11.3 Å². The van der Waals surface area contributed by atoms with Gasteiger partial charge in [-0.1, -0.05) is 30.3 Å². The molecule has 138 valence electrons. The molecule has 1 heterocycles. The van der Waals surface area contributed by atoms with Crippen molar-refractivity contribution in [2.45, 2.75) is 20.3 Å². The molecule has 1 aromatic heterocycles. The van der Waals surface area contributed by atoms with E-state index in [1.807, 2.05) is 30.3 Å². The van der Waals surface area contributed by atoms with E-state index in [2.05, 4.69) is 25.9 Å². The van der Waals surface area contributed by atoms with Crippen LogP contribution in [0.5, 0.6) is 0 Å². The summed E-state index contributed by atoms with van der Waals surface area (Å²) in [5.74, 6) is -0.866. The van der Waals surface area contributed by atoms with E-state index < -0.39 is 17.9 Å². The number of hydrazine groups is 1. The molecule has 8 nitrogen and oxygen atoms in total. The molecular weight excluding hydrogens is 356 g/mol. The molecule has 0 radical (unpaired) electrons. The van der Waals surface area contributed by atoms with Gasteiger partial charge in [-0.05, 0) is 13.8 Å². The van der Waals surface area contributed by atoms with Crippen LogP contribution in [-0.2, 0) is 9.53 Å². The predicted molar refractivity (Wildman–Crippen MR) is 97.5 cm³/mol. The van der Waals surface area contributed by atoms with E-state index in [4.69, 9.17) is 0 Å². The molecule has 1 aromatic carbocycles. The van der Waals surface area contributed by atoms with Gasteiger partial charge in [-0.25, -0.2) is 9.78 Å². The third-order valence-electron chi connectivity index (χ3n) is 3.24. The number of alkyl carbamates (subject to hydrolysis) is 1. The van der Waals surface area contributed by atoms with E-state index in [1.165, 1.54) is 11.3 Å². The Labute approximate surface area is 154 Å². The Kier molecular flexibility index (Phi) is 7.10. The smallest absolute Gasteiger partial charge is 0.407 e. The number of nitrogens with zero attached hydrogens (tertiary/aromatic N) is 1. The van der Waals surface area contributed by atoms with Crippen LogP contribution < -0.4 is 16.2 Å². The fourth-order valence-corrected chi connectivity index (χ4v) is 2.98. The average Bonchev–Trinajstić information content (AvgIpc) is 3.02. The first kappa shape index (κ1) is 19.4. The van der Waals surface area contributed by atoms with Crippen molar-refractivity contribution in [2.24, 2.45) is 0 Å². The molecule has 3 N–H and O–H groups in total. The summed E-state index contributed by atoms with van der Waals surface area (Å²) in [6.45, 7) is 3.79. The summed E-state index contributed by atoms with van der Waals surface area (Å²) in [6.07, 6.45) is -0.575. The van der Waals surface area contributed by atoms with Gasteiger partial charge in [0.1, 0.15) is 9.88 Å². The zero-order chi connectivity index (χ0) is 18.9. The van der Waals surface area contributed by atoms with Gasteiger partial charge >= 0.3 is 6.09 Å². The molecule has 0 aliphatic rings. The molecule has 0 bridgehead atoms. The van der Waals surface area contributed by atoms with Crippen molar-refractivity contribution in [1.82, 2.24) is 21.2 Å². The van der Waals surface area contributed by atoms with Crippen molar-refractivity contribution < 1.29 is 19.1 Å². The van der Waals surface area contributed by atoms with Crippen LogP contribution in [0.1, 0.15) is 28.7 Å². The summed E-state index contributed by atoms with van der Waals surface area (Å²) >= 11 is 1.25. The highest BCUT2D eigenvalue weighted by Crippen LogP contribution is 2.27. The van der Waals surface area contributed by atoms with Gasteiger partial charge in [0.2, 0.25) is 5.91 Å². The van der Waals surface area contributed by atoms with Crippen molar-refractivity contribution in [3.63, 3.8) is 0 Å². The van der Waals surface area contributed by atoms with Crippen molar-refractivity contribution in [2.75, 3.05) is 13.2 Å². The zero-order valence-corrected chi connectivity index (χ0v) is 15.3. The summed E-state index contributed by atoms with van der Waals surface area (Å²) < 4.78 is 4.67. The minimum absolute atomic E-state index is 0.00995. The number of amides is 3. The highest BCUT2D eigenvalue weighted by molar-refractivity contribution is 7.17. The van der Waals surface area contributed by atoms with Gasteiger partial charge in [-0.3, -0.25) is 20.4 Å². The number of hydrogen-bond acceptors (Lipinski definition) is 6. The molecule has 26 heavy (non-hydrogen) atoms. The Balaban J connectivity index is 1.84. The van der Waals surface area contributed by atoms with E-state index in [1.54, 1.807) is 13.8 Å². The van der Waals surface area contributed by atoms with Crippen LogP contribution in [0.25, 0.3) is 10.6 Å². The van der Waals surface area contributed by atoms with Crippen LogP contribution >= 0.6 is 11.3 Å². The van der Waals surface area contributed by atoms with E-state index >= 15 is 0 Å². The first-order chi connectivity index (χ1) is 12.5. The molecule has 2 rings (SSSR count). The number of ether oxygens (including phenoxy) is 1. The standard InChI is InChI=1S/C17H20N4O4S/c1-3-25-17(24)18-10-9-13(22)20-21-15(23)14-11(2)19-16(26-14)12-7-5-4-6-8-12/h4-8H,3,9-10H2,1-2H3,(H,18,24)(H,20,22)(H,21,23). The largest absolute Gasteiger partial charge is 0.450 e. The maximum atomic E-state index is 12.2. The number of rotatable bonds is 6. The summed E-state index contributed by atoms with van der Waals surface area (Å²) in [7, 11) is 0. The number of benzene rings is 1. The van der Waals surface area contributed by atoms with Gasteiger partial charge in [-0.2, -0.15) is 0 Å². The van der Waals surface area contributed by atoms with Crippen molar-refractivity contribution >= 4 is 29.2 Å². The van der Waals surface area contributed by atoms with Gasteiger partial charge in [0.15, 0.2) is 0 Å². The van der Waals surface area contributed by atoms with Crippen molar-refractivity contribution in [1.29, 1.82) is 0 Å². The molecule has 0 unspecified atom stereocenters. The van der Waals surface area contributed by atoms with E-state index in [0.717, 1.165) is 10.6 Å². The molecule has 0 aliphatic carbocycles. The minimum atomic E-state index is -0.585. The monoisotopic (exact) mass is 376 g/mol. The Hall–Kier alpha value is -2.94. The third-order valence-corrected chi connectivity index (χ3v) is 4.44. The second kappa shape index (κ2) is 9.52. The van der Waals surface area contributed by atoms with Gasteiger partial charge in [0, 0.05) is 18.5 Å². The van der Waals surface area contributed by atoms with Crippen molar-refractivity contribution in [3.05, 3.63) is 40.9 Å². The fraction of sp³-hybridized carbons (Fsp3) is 0.294. The molecular formula is C17H20N4O4S. The summed E-state index contributed by atoms with van der Waals surface area (Å²) in [4.78, 5) is 39.9. The third kappa shape index (κ3) is 5.55. The minimum Gasteiger partial charge on any atom is -0.450 e. The lowest BCUT2D eigenvalue weighted by Gasteiger charge is -2.07. The fourth-order valence-electron chi connectivity index (χ4n) is 2.02. The molecule has 3 amide bonds. The number of nitrogens with one attached hydrogen (secondary N) is 3. The number of aryl methyl sites for hydroxylation is 1. The second-order valence-electron chi connectivity index (χ2n) is 5.20. The topological polar surface area (TPSA) is 109 Å². The normalized spacial score (nSPS) is 10.1. The first-order valence-electron chi connectivity index (χ1n) is 8.04. The summed E-state index contributed by atoms with van der Waals surface area (Å²) in [5.41, 5.74) is 6.18. The molecule has 0 aliphatic heterocycles. The molecule has 0 saturated carbocycles. The predicted octanol–water partition coefficient (Wildman–Crippen LogP) is 2.02. The summed E-state index contributed by atoms with van der Waals surface area (Å²) in [5, 5.41) is 3.16. The molecule has 0 saturated heterocycles.